The minimum Gasteiger partial charge on any atom is -0.398 e. The Labute approximate surface area is 75.9 Å². The van der Waals surface area contributed by atoms with Gasteiger partial charge in [-0.1, -0.05) is 0 Å². The fraction of sp³-hybridized carbons (Fsp3) is 1.00. The standard InChI is InChI=1S/C7H18O2SSi/c1-8-11(2,3)9-6-4-5-7-10/h10H,4-7H2,1-3H3. The fourth-order valence-corrected chi connectivity index (χ4v) is 1.57. The first kappa shape index (κ1) is 11.5. The molecule has 0 saturated carbocycles. The van der Waals surface area contributed by atoms with Crippen LogP contribution in [0, 0.1) is 0 Å². The first-order valence-corrected chi connectivity index (χ1v) is 7.37. The molecule has 4 heteroatoms. The lowest BCUT2D eigenvalue weighted by molar-refractivity contribution is 0.208. The van der Waals surface area contributed by atoms with Crippen molar-refractivity contribution in [1.82, 2.24) is 0 Å². The first-order chi connectivity index (χ1) is 5.12. The molecule has 0 fully saturated rings. The van der Waals surface area contributed by atoms with Crippen LogP contribution in [-0.4, -0.2) is 28.0 Å². The summed E-state index contributed by atoms with van der Waals surface area (Å²) in [7, 11) is -0.0391. The average Bonchev–Trinajstić information content (AvgIpc) is 1.99. The molecule has 0 unspecified atom stereocenters. The molecule has 0 rings (SSSR count). The van der Waals surface area contributed by atoms with Gasteiger partial charge in [-0.25, -0.2) is 0 Å². The Hall–Kier alpha value is 0.487. The SMILES string of the molecule is CO[Si](C)(C)OCCCCS. The molecule has 0 aliphatic rings. The molecule has 0 spiro atoms. The second-order valence-electron chi connectivity index (χ2n) is 2.88. The zero-order chi connectivity index (χ0) is 8.74. The molecule has 0 atom stereocenters. The summed E-state index contributed by atoms with van der Waals surface area (Å²) in [5.74, 6) is 0.943. The lowest BCUT2D eigenvalue weighted by atomic mass is 10.4. The highest BCUT2D eigenvalue weighted by atomic mass is 32.1. The van der Waals surface area contributed by atoms with Crippen molar-refractivity contribution >= 4 is 21.2 Å². The summed E-state index contributed by atoms with van der Waals surface area (Å²) in [5.41, 5.74) is 0. The zero-order valence-electron chi connectivity index (χ0n) is 7.59. The maximum atomic E-state index is 5.56. The van der Waals surface area contributed by atoms with Crippen LogP contribution in [0.4, 0.5) is 0 Å². The smallest absolute Gasteiger partial charge is 0.331 e. The van der Waals surface area contributed by atoms with Gasteiger partial charge in [-0.05, 0) is 31.7 Å². The van der Waals surface area contributed by atoms with Crippen molar-refractivity contribution < 1.29 is 8.85 Å². The van der Waals surface area contributed by atoms with E-state index in [4.69, 9.17) is 8.85 Å². The minimum atomic E-state index is -1.75. The van der Waals surface area contributed by atoms with Gasteiger partial charge in [-0.15, -0.1) is 0 Å². The van der Waals surface area contributed by atoms with E-state index in [9.17, 15) is 0 Å². The molecule has 2 nitrogen and oxygen atoms in total. The van der Waals surface area contributed by atoms with Crippen LogP contribution >= 0.6 is 12.6 Å². The molecule has 0 aromatic heterocycles. The van der Waals surface area contributed by atoms with Crippen LogP contribution in [0.15, 0.2) is 0 Å². The van der Waals surface area contributed by atoms with Crippen LogP contribution < -0.4 is 0 Å². The second-order valence-corrected chi connectivity index (χ2v) is 6.83. The summed E-state index contributed by atoms with van der Waals surface area (Å²) in [6, 6.07) is 0. The van der Waals surface area contributed by atoms with Gasteiger partial charge < -0.3 is 8.85 Å². The third-order valence-electron chi connectivity index (χ3n) is 1.49. The molecule has 0 aliphatic carbocycles. The lowest BCUT2D eigenvalue weighted by Gasteiger charge is -2.19. The van der Waals surface area contributed by atoms with Crippen LogP contribution in [0.3, 0.4) is 0 Å². The first-order valence-electron chi connectivity index (χ1n) is 3.92. The van der Waals surface area contributed by atoms with Crippen molar-refractivity contribution in [3.63, 3.8) is 0 Å². The van der Waals surface area contributed by atoms with Gasteiger partial charge >= 0.3 is 8.56 Å². The van der Waals surface area contributed by atoms with Crippen LogP contribution in [0.5, 0.6) is 0 Å². The predicted molar refractivity (Wildman–Crippen MR) is 53.5 cm³/mol. The van der Waals surface area contributed by atoms with E-state index in [0.717, 1.165) is 25.2 Å². The van der Waals surface area contributed by atoms with Crippen LogP contribution in [0.25, 0.3) is 0 Å². The van der Waals surface area contributed by atoms with Gasteiger partial charge in [0.05, 0.1) is 0 Å². The Kier molecular flexibility index (Phi) is 6.32. The van der Waals surface area contributed by atoms with Crippen molar-refractivity contribution in [2.75, 3.05) is 19.5 Å². The molecule has 68 valence electrons. The third kappa shape index (κ3) is 6.87. The molecule has 0 aromatic carbocycles. The van der Waals surface area contributed by atoms with Crippen LogP contribution in [0.2, 0.25) is 13.1 Å². The number of hydrogen-bond acceptors (Lipinski definition) is 3. The van der Waals surface area contributed by atoms with Crippen LogP contribution in [-0.2, 0) is 8.85 Å². The number of rotatable bonds is 6. The molecule has 0 radical (unpaired) electrons. The van der Waals surface area contributed by atoms with E-state index in [-0.39, 0.29) is 0 Å². The Morgan fingerprint density at radius 1 is 1.27 bits per heavy atom. The highest BCUT2D eigenvalue weighted by Gasteiger charge is 2.21. The molecule has 0 bridgehead atoms. The van der Waals surface area contributed by atoms with E-state index in [1.165, 1.54) is 0 Å². The van der Waals surface area contributed by atoms with E-state index in [1.54, 1.807) is 7.11 Å². The van der Waals surface area contributed by atoms with Crippen molar-refractivity contribution in [1.29, 1.82) is 0 Å². The third-order valence-corrected chi connectivity index (χ3v) is 3.69. The van der Waals surface area contributed by atoms with E-state index in [0.29, 0.717) is 0 Å². The molecule has 0 N–H and O–H groups in total. The van der Waals surface area contributed by atoms with Gasteiger partial charge in [0.2, 0.25) is 0 Å². The fourth-order valence-electron chi connectivity index (χ4n) is 0.591. The lowest BCUT2D eigenvalue weighted by Crippen LogP contribution is -2.33. The Morgan fingerprint density at radius 3 is 2.36 bits per heavy atom. The van der Waals surface area contributed by atoms with Gasteiger partial charge in [0.15, 0.2) is 0 Å². The number of thiol groups is 1. The van der Waals surface area contributed by atoms with Gasteiger partial charge in [0.1, 0.15) is 0 Å². The number of unbranched alkanes of at least 4 members (excludes halogenated alkanes) is 1. The summed E-state index contributed by atoms with van der Waals surface area (Å²) >= 11 is 4.11. The summed E-state index contributed by atoms with van der Waals surface area (Å²) in [4.78, 5) is 0. The Bertz CT molecular complexity index is 98.4. The largest absolute Gasteiger partial charge is 0.398 e. The summed E-state index contributed by atoms with van der Waals surface area (Å²) in [6.07, 6.45) is 2.21. The highest BCUT2D eigenvalue weighted by Crippen LogP contribution is 2.05. The molecule has 11 heavy (non-hydrogen) atoms. The van der Waals surface area contributed by atoms with Gasteiger partial charge in [-0.3, -0.25) is 0 Å². The summed E-state index contributed by atoms with van der Waals surface area (Å²) in [6.45, 7) is 4.91. The second kappa shape index (κ2) is 6.05. The molecule has 0 heterocycles. The molecular weight excluding hydrogens is 176 g/mol. The van der Waals surface area contributed by atoms with E-state index < -0.39 is 8.56 Å². The van der Waals surface area contributed by atoms with Crippen LogP contribution in [0.1, 0.15) is 12.8 Å². The normalized spacial score (nSPS) is 12.0. The molecule has 0 aromatic rings. The van der Waals surface area contributed by atoms with Crippen molar-refractivity contribution in [2.24, 2.45) is 0 Å². The van der Waals surface area contributed by atoms with Gasteiger partial charge in [0, 0.05) is 13.7 Å². The summed E-state index contributed by atoms with van der Waals surface area (Å²) in [5, 5.41) is 0. The Morgan fingerprint density at radius 2 is 1.91 bits per heavy atom. The quantitative estimate of drug-likeness (QED) is 0.396. The highest BCUT2D eigenvalue weighted by molar-refractivity contribution is 7.80. The minimum absolute atomic E-state index is 0.813. The molecule has 0 saturated heterocycles. The van der Waals surface area contributed by atoms with Gasteiger partial charge in [-0.2, -0.15) is 12.6 Å². The molecule has 0 amide bonds. The number of hydrogen-bond donors (Lipinski definition) is 1. The summed E-state index contributed by atoms with van der Waals surface area (Å²) < 4.78 is 10.8. The molecular formula is C7H18O2SSi. The van der Waals surface area contributed by atoms with Crippen molar-refractivity contribution in [3.05, 3.63) is 0 Å². The van der Waals surface area contributed by atoms with E-state index in [2.05, 4.69) is 12.6 Å². The zero-order valence-corrected chi connectivity index (χ0v) is 9.49. The maximum absolute atomic E-state index is 5.56. The maximum Gasteiger partial charge on any atom is 0.331 e. The van der Waals surface area contributed by atoms with Crippen molar-refractivity contribution in [2.45, 2.75) is 25.9 Å². The van der Waals surface area contributed by atoms with E-state index >= 15 is 0 Å². The Balaban J connectivity index is 3.23. The predicted octanol–water partition coefficient (Wildman–Crippen LogP) is 2.06. The van der Waals surface area contributed by atoms with Crippen molar-refractivity contribution in [3.8, 4) is 0 Å². The topological polar surface area (TPSA) is 18.5 Å². The average molecular weight is 194 g/mol. The van der Waals surface area contributed by atoms with Gasteiger partial charge in [0.25, 0.3) is 0 Å². The van der Waals surface area contributed by atoms with E-state index in [1.807, 2.05) is 13.1 Å². The monoisotopic (exact) mass is 194 g/mol. The molecule has 0 aliphatic heterocycles.